The van der Waals surface area contributed by atoms with E-state index in [0.29, 0.717) is 24.7 Å². The Kier molecular flexibility index (Phi) is 4.16. The molecule has 1 aromatic heterocycles. The molecule has 134 valence electrons. The second-order valence-electron chi connectivity index (χ2n) is 6.32. The van der Waals surface area contributed by atoms with Gasteiger partial charge in [-0.3, -0.25) is 0 Å². The first-order valence-corrected chi connectivity index (χ1v) is 9.95. The molecule has 0 saturated carbocycles. The molecule has 2 aromatic rings. The molecule has 1 aliphatic heterocycles. The van der Waals surface area contributed by atoms with Gasteiger partial charge < -0.3 is 14.0 Å². The Morgan fingerprint density at radius 1 is 1.16 bits per heavy atom. The van der Waals surface area contributed by atoms with Crippen molar-refractivity contribution in [3.05, 3.63) is 35.4 Å². The van der Waals surface area contributed by atoms with Crippen LogP contribution >= 0.6 is 0 Å². The van der Waals surface area contributed by atoms with Crippen LogP contribution in [0.4, 0.5) is 0 Å². The molecule has 0 amide bonds. The summed E-state index contributed by atoms with van der Waals surface area (Å²) in [6.07, 6.45) is 4.28. The number of sulfonamides is 1. The lowest BCUT2D eigenvalue weighted by Gasteiger charge is -2.18. The van der Waals surface area contributed by atoms with Crippen LogP contribution < -0.4 is 14.2 Å². The van der Waals surface area contributed by atoms with Gasteiger partial charge in [-0.25, -0.2) is 18.1 Å². The van der Waals surface area contributed by atoms with E-state index in [2.05, 4.69) is 9.71 Å². The van der Waals surface area contributed by atoms with Crippen LogP contribution in [0.3, 0.4) is 0 Å². The predicted octanol–water partition coefficient (Wildman–Crippen LogP) is 1.55. The van der Waals surface area contributed by atoms with Crippen molar-refractivity contribution in [3.63, 3.8) is 0 Å². The van der Waals surface area contributed by atoms with Crippen molar-refractivity contribution in [3.8, 4) is 11.5 Å². The second kappa shape index (κ2) is 6.34. The number of benzene rings is 1. The van der Waals surface area contributed by atoms with Crippen LogP contribution in [0.2, 0.25) is 0 Å². The van der Waals surface area contributed by atoms with Gasteiger partial charge in [-0.15, -0.1) is 0 Å². The minimum Gasteiger partial charge on any atom is -0.486 e. The number of aromatic nitrogens is 2. The van der Waals surface area contributed by atoms with E-state index in [9.17, 15) is 8.42 Å². The summed E-state index contributed by atoms with van der Waals surface area (Å²) in [5.41, 5.74) is 2.32. The lowest BCUT2D eigenvalue weighted by molar-refractivity contribution is 0.171. The number of ether oxygens (including phenoxy) is 2. The van der Waals surface area contributed by atoms with E-state index in [1.54, 1.807) is 6.07 Å². The van der Waals surface area contributed by atoms with Gasteiger partial charge in [-0.05, 0) is 37.8 Å². The number of rotatable bonds is 4. The molecule has 0 atom stereocenters. The van der Waals surface area contributed by atoms with Gasteiger partial charge >= 0.3 is 0 Å². The molecule has 2 aliphatic rings. The van der Waals surface area contributed by atoms with E-state index >= 15 is 0 Å². The Morgan fingerprint density at radius 2 is 1.92 bits per heavy atom. The highest BCUT2D eigenvalue weighted by Gasteiger charge is 2.22. The monoisotopic (exact) mass is 363 g/mol. The van der Waals surface area contributed by atoms with Crippen LogP contribution in [0.5, 0.6) is 11.5 Å². The van der Waals surface area contributed by atoms with Crippen molar-refractivity contribution >= 4 is 10.0 Å². The third kappa shape index (κ3) is 3.11. The maximum Gasteiger partial charge on any atom is 0.241 e. The van der Waals surface area contributed by atoms with Crippen molar-refractivity contribution in [2.75, 3.05) is 13.2 Å². The topological polar surface area (TPSA) is 82.5 Å². The van der Waals surface area contributed by atoms with E-state index < -0.39 is 10.0 Å². The van der Waals surface area contributed by atoms with E-state index in [1.807, 2.05) is 11.6 Å². The summed E-state index contributed by atoms with van der Waals surface area (Å²) in [6, 6.07) is 4.65. The Hall–Kier alpha value is -2.06. The SMILES string of the molecule is Cn1c(CNS(=O)(=O)c2ccc3c(c2)OCCO3)nc2c1CCCC2. The maximum atomic E-state index is 12.6. The summed E-state index contributed by atoms with van der Waals surface area (Å²) < 4.78 is 40.7. The molecule has 8 heteroatoms. The molecule has 25 heavy (non-hydrogen) atoms. The van der Waals surface area contributed by atoms with Crippen molar-refractivity contribution in [2.45, 2.75) is 37.1 Å². The zero-order valence-electron chi connectivity index (χ0n) is 14.1. The van der Waals surface area contributed by atoms with Crippen molar-refractivity contribution < 1.29 is 17.9 Å². The zero-order chi connectivity index (χ0) is 17.4. The average molecular weight is 363 g/mol. The van der Waals surface area contributed by atoms with Crippen LogP contribution in [0.25, 0.3) is 0 Å². The minimum absolute atomic E-state index is 0.163. The highest BCUT2D eigenvalue weighted by Crippen LogP contribution is 2.32. The fourth-order valence-corrected chi connectivity index (χ4v) is 4.33. The summed E-state index contributed by atoms with van der Waals surface area (Å²) in [7, 11) is -1.70. The van der Waals surface area contributed by atoms with Crippen molar-refractivity contribution in [1.82, 2.24) is 14.3 Å². The molecule has 0 bridgehead atoms. The van der Waals surface area contributed by atoms with E-state index in [-0.39, 0.29) is 11.4 Å². The summed E-state index contributed by atoms with van der Waals surface area (Å²) in [5.74, 6) is 1.77. The average Bonchev–Trinajstić information content (AvgIpc) is 2.96. The van der Waals surface area contributed by atoms with Gasteiger partial charge in [-0.2, -0.15) is 0 Å². The lowest BCUT2D eigenvalue weighted by atomic mass is 10.0. The van der Waals surface area contributed by atoms with Gasteiger partial charge in [0.15, 0.2) is 11.5 Å². The number of hydrogen-bond donors (Lipinski definition) is 1. The van der Waals surface area contributed by atoms with Crippen molar-refractivity contribution in [1.29, 1.82) is 0 Å². The van der Waals surface area contributed by atoms with Gasteiger partial charge in [0.1, 0.15) is 19.0 Å². The molecule has 4 rings (SSSR count). The molecule has 0 fully saturated rings. The summed E-state index contributed by atoms with van der Waals surface area (Å²) in [5, 5.41) is 0. The van der Waals surface area contributed by atoms with E-state index in [0.717, 1.165) is 37.2 Å². The van der Waals surface area contributed by atoms with Crippen LogP contribution in [0.1, 0.15) is 30.1 Å². The second-order valence-corrected chi connectivity index (χ2v) is 8.08. The first-order chi connectivity index (χ1) is 12.0. The molecule has 2 heterocycles. The van der Waals surface area contributed by atoms with Crippen LogP contribution in [0, 0.1) is 0 Å². The van der Waals surface area contributed by atoms with Gasteiger partial charge in [0.2, 0.25) is 10.0 Å². The zero-order valence-corrected chi connectivity index (χ0v) is 14.9. The lowest BCUT2D eigenvalue weighted by Crippen LogP contribution is -2.25. The van der Waals surface area contributed by atoms with Gasteiger partial charge in [-0.1, -0.05) is 0 Å². The smallest absolute Gasteiger partial charge is 0.241 e. The largest absolute Gasteiger partial charge is 0.486 e. The Balaban J connectivity index is 1.53. The highest BCUT2D eigenvalue weighted by molar-refractivity contribution is 7.89. The minimum atomic E-state index is -3.65. The highest BCUT2D eigenvalue weighted by atomic mass is 32.2. The quantitative estimate of drug-likeness (QED) is 0.891. The molecular formula is C17H21N3O4S. The predicted molar refractivity (Wildman–Crippen MR) is 91.3 cm³/mol. The fraction of sp³-hybridized carbons (Fsp3) is 0.471. The first-order valence-electron chi connectivity index (χ1n) is 8.47. The fourth-order valence-electron chi connectivity index (χ4n) is 3.33. The Morgan fingerprint density at radius 3 is 2.72 bits per heavy atom. The Labute approximate surface area is 147 Å². The number of fused-ring (bicyclic) bond motifs is 2. The van der Waals surface area contributed by atoms with Gasteiger partial charge in [0, 0.05) is 18.8 Å². The van der Waals surface area contributed by atoms with Gasteiger partial charge in [0.05, 0.1) is 17.1 Å². The summed E-state index contributed by atoms with van der Waals surface area (Å²) in [4.78, 5) is 4.77. The molecule has 0 radical (unpaired) electrons. The van der Waals surface area contributed by atoms with E-state index in [4.69, 9.17) is 9.47 Å². The number of aryl methyl sites for hydroxylation is 1. The third-order valence-corrected chi connectivity index (χ3v) is 6.11. The molecule has 0 unspecified atom stereocenters. The number of nitrogens with one attached hydrogen (secondary N) is 1. The van der Waals surface area contributed by atoms with Crippen LogP contribution in [-0.2, 0) is 36.5 Å². The number of hydrogen-bond acceptors (Lipinski definition) is 5. The Bertz CT molecular complexity index is 905. The maximum absolute atomic E-state index is 12.6. The first kappa shape index (κ1) is 16.4. The third-order valence-electron chi connectivity index (χ3n) is 4.71. The van der Waals surface area contributed by atoms with Gasteiger partial charge in [0.25, 0.3) is 0 Å². The molecular weight excluding hydrogens is 342 g/mol. The molecule has 1 N–H and O–H groups in total. The molecule has 0 saturated heterocycles. The van der Waals surface area contributed by atoms with Crippen LogP contribution in [-0.4, -0.2) is 31.2 Å². The van der Waals surface area contributed by atoms with Crippen LogP contribution in [0.15, 0.2) is 23.1 Å². The summed E-state index contributed by atoms with van der Waals surface area (Å²) in [6.45, 7) is 1.06. The molecule has 0 spiro atoms. The standard InChI is InChI=1S/C17H21N3O4S/c1-20-14-5-3-2-4-13(14)19-17(20)11-18-25(21,22)12-6-7-15-16(10-12)24-9-8-23-15/h6-7,10,18H,2-5,8-9,11H2,1H3. The molecule has 1 aliphatic carbocycles. The van der Waals surface area contributed by atoms with E-state index in [1.165, 1.54) is 17.8 Å². The molecule has 1 aromatic carbocycles. The number of nitrogens with zero attached hydrogens (tertiary/aromatic N) is 2. The normalized spacial score (nSPS) is 16.5. The van der Waals surface area contributed by atoms with Crippen molar-refractivity contribution in [2.24, 2.45) is 7.05 Å². The molecule has 7 nitrogen and oxygen atoms in total. The summed E-state index contributed by atoms with van der Waals surface area (Å²) >= 11 is 0. The number of imidazole rings is 1.